The first-order chi connectivity index (χ1) is 19.5. The van der Waals surface area contributed by atoms with Crippen molar-refractivity contribution >= 4 is 16.8 Å². The van der Waals surface area contributed by atoms with Crippen LogP contribution in [0.4, 0.5) is 0 Å². The third-order valence-corrected chi connectivity index (χ3v) is 6.95. The minimum Gasteiger partial charge on any atom is -0.508 e. The number of fused-ring (bicyclic) bond motifs is 2. The Hall–Kier alpha value is -5.84. The van der Waals surface area contributed by atoms with Crippen molar-refractivity contribution in [3.8, 4) is 57.3 Å². The lowest BCUT2D eigenvalue weighted by Crippen LogP contribution is -2.30. The van der Waals surface area contributed by atoms with E-state index in [9.17, 15) is 45.3 Å². The average molecular weight is 556 g/mol. The van der Waals surface area contributed by atoms with E-state index in [0.29, 0.717) is 5.56 Å². The zero-order valence-electron chi connectivity index (χ0n) is 20.8. The van der Waals surface area contributed by atoms with E-state index in [1.54, 1.807) is 0 Å². The minimum absolute atomic E-state index is 0.0823. The van der Waals surface area contributed by atoms with Crippen LogP contribution in [0.25, 0.3) is 22.3 Å². The van der Waals surface area contributed by atoms with Crippen LogP contribution in [-0.2, 0) is 0 Å². The summed E-state index contributed by atoms with van der Waals surface area (Å²) in [4.78, 5) is 27.4. The lowest BCUT2D eigenvalue weighted by molar-refractivity contribution is 0.0772. The minimum atomic E-state index is -1.51. The second-order valence-corrected chi connectivity index (χ2v) is 9.50. The zero-order chi connectivity index (χ0) is 29.2. The van der Waals surface area contributed by atoms with Crippen molar-refractivity contribution in [1.82, 2.24) is 0 Å². The summed E-state index contributed by atoms with van der Waals surface area (Å²) in [6, 6.07) is 13.8. The maximum atomic E-state index is 14.1. The highest BCUT2D eigenvalue weighted by Crippen LogP contribution is 2.52. The first-order valence-electron chi connectivity index (χ1n) is 12.1. The third kappa shape index (κ3) is 3.98. The molecular weight excluding hydrogens is 536 g/mol. The second-order valence-electron chi connectivity index (χ2n) is 9.50. The van der Waals surface area contributed by atoms with Crippen molar-refractivity contribution in [2.24, 2.45) is 0 Å². The fourth-order valence-corrected chi connectivity index (χ4v) is 5.09. The lowest BCUT2D eigenvalue weighted by atomic mass is 9.79. The number of ether oxygens (including phenoxy) is 1. The van der Waals surface area contributed by atoms with E-state index < -0.39 is 57.2 Å². The summed E-state index contributed by atoms with van der Waals surface area (Å²) in [6.07, 6.45) is -1.26. The van der Waals surface area contributed by atoms with Gasteiger partial charge in [0.05, 0.1) is 11.5 Å². The number of hydrogen-bond donors (Lipinski definition) is 7. The molecule has 41 heavy (non-hydrogen) atoms. The predicted molar refractivity (Wildman–Crippen MR) is 143 cm³/mol. The maximum absolute atomic E-state index is 14.1. The van der Waals surface area contributed by atoms with Crippen LogP contribution in [-0.4, -0.2) is 41.5 Å². The van der Waals surface area contributed by atoms with Gasteiger partial charge in [-0.05, 0) is 42.0 Å². The Kier molecular flexibility index (Phi) is 5.66. The van der Waals surface area contributed by atoms with Crippen molar-refractivity contribution < 1.29 is 49.7 Å². The molecule has 0 fully saturated rings. The van der Waals surface area contributed by atoms with Gasteiger partial charge in [-0.3, -0.25) is 9.59 Å². The Balaban J connectivity index is 1.69. The van der Waals surface area contributed by atoms with Crippen molar-refractivity contribution in [3.05, 3.63) is 93.6 Å². The first kappa shape index (κ1) is 25.4. The van der Waals surface area contributed by atoms with Gasteiger partial charge < -0.3 is 44.9 Å². The van der Waals surface area contributed by atoms with Crippen LogP contribution in [0.1, 0.15) is 33.5 Å². The van der Waals surface area contributed by atoms with E-state index in [2.05, 4.69) is 0 Å². The number of phenols is 6. The summed E-state index contributed by atoms with van der Waals surface area (Å²) in [6.45, 7) is 0. The van der Waals surface area contributed by atoms with Gasteiger partial charge in [0, 0.05) is 23.8 Å². The Morgan fingerprint density at radius 3 is 1.95 bits per heavy atom. The number of ketones is 1. The van der Waals surface area contributed by atoms with Crippen LogP contribution in [0, 0.1) is 0 Å². The van der Waals surface area contributed by atoms with Gasteiger partial charge in [0.1, 0.15) is 57.3 Å². The highest BCUT2D eigenvalue weighted by atomic mass is 16.5. The molecule has 11 heteroatoms. The molecule has 206 valence electrons. The molecule has 11 nitrogen and oxygen atoms in total. The maximum Gasteiger partial charge on any atom is 0.238 e. The van der Waals surface area contributed by atoms with Crippen molar-refractivity contribution in [1.29, 1.82) is 0 Å². The molecule has 4 aromatic carbocycles. The number of hydrogen-bond acceptors (Lipinski definition) is 11. The molecule has 0 bridgehead atoms. The molecule has 2 heterocycles. The Bertz CT molecular complexity index is 1920. The Labute approximate surface area is 229 Å². The molecule has 0 spiro atoms. The summed E-state index contributed by atoms with van der Waals surface area (Å²) in [5, 5.41) is 72.0. The fraction of sp³-hybridized carbons (Fsp3) is 0.0667. The molecule has 0 amide bonds. The van der Waals surface area contributed by atoms with E-state index in [1.165, 1.54) is 48.5 Å². The van der Waals surface area contributed by atoms with Crippen LogP contribution in [0.5, 0.6) is 46.0 Å². The number of Topliss-reactive ketones (excluding diaryl/α,β-unsaturated/α-hetero) is 1. The summed E-state index contributed by atoms with van der Waals surface area (Å²) in [7, 11) is 0. The van der Waals surface area contributed by atoms with E-state index in [4.69, 9.17) is 9.15 Å². The highest BCUT2D eigenvalue weighted by molar-refractivity contribution is 6.09. The molecule has 5 aromatic rings. The highest BCUT2D eigenvalue weighted by Gasteiger charge is 2.44. The van der Waals surface area contributed by atoms with Crippen LogP contribution in [0.3, 0.4) is 0 Å². The molecule has 6 rings (SSSR count). The molecule has 1 aliphatic heterocycles. The molecule has 2 atom stereocenters. The van der Waals surface area contributed by atoms with E-state index in [-0.39, 0.29) is 45.4 Å². The van der Waals surface area contributed by atoms with Gasteiger partial charge >= 0.3 is 0 Å². The zero-order valence-corrected chi connectivity index (χ0v) is 20.8. The number of rotatable bonds is 3. The predicted octanol–water partition coefficient (Wildman–Crippen LogP) is 4.50. The third-order valence-electron chi connectivity index (χ3n) is 6.95. The van der Waals surface area contributed by atoms with Crippen LogP contribution in [0.15, 0.2) is 75.9 Å². The number of carbonyl (C=O) groups is 1. The second kappa shape index (κ2) is 9.12. The fourth-order valence-electron chi connectivity index (χ4n) is 5.09. The summed E-state index contributed by atoms with van der Waals surface area (Å²) in [5.74, 6) is -6.25. The van der Waals surface area contributed by atoms with Crippen LogP contribution in [0.2, 0.25) is 0 Å². The molecule has 0 saturated heterocycles. The number of aromatic hydroxyl groups is 7. The molecule has 1 aromatic heterocycles. The van der Waals surface area contributed by atoms with Gasteiger partial charge in [-0.2, -0.15) is 0 Å². The van der Waals surface area contributed by atoms with Gasteiger partial charge in [0.2, 0.25) is 11.2 Å². The van der Waals surface area contributed by atoms with E-state index in [0.717, 1.165) is 18.2 Å². The SMILES string of the molecule is O=C1c2c(O)cc(O)cc2O[C@@H](c2ccc(O)cc2)[C@H]1c1c(O)cc(O)c2c(=O)c(O)c(-c3ccc(O)cc3)oc12. The molecule has 7 N–H and O–H groups in total. The Morgan fingerprint density at radius 1 is 0.659 bits per heavy atom. The molecule has 0 unspecified atom stereocenters. The molecule has 1 aliphatic rings. The monoisotopic (exact) mass is 556 g/mol. The number of phenolic OH excluding ortho intramolecular Hbond substituents is 6. The Morgan fingerprint density at radius 2 is 1.29 bits per heavy atom. The summed E-state index contributed by atoms with van der Waals surface area (Å²) in [5.41, 5.74) is -1.63. The average Bonchev–Trinajstić information content (AvgIpc) is 2.92. The standard InChI is InChI=1S/C30H20O11/c31-14-5-1-12(2-6-14)28-24(25(37)21-17(34)9-16(33)10-20(21)40-28)22-18(35)11-19(36)23-26(38)27(39)29(41-30(22)23)13-3-7-15(32)8-4-13/h1-11,24,28,31-36,39H/t24-,28-/m0/s1. The van der Waals surface area contributed by atoms with E-state index >= 15 is 0 Å². The number of benzene rings is 4. The van der Waals surface area contributed by atoms with Gasteiger partial charge in [-0.25, -0.2) is 0 Å². The smallest absolute Gasteiger partial charge is 0.238 e. The van der Waals surface area contributed by atoms with Gasteiger partial charge in [-0.15, -0.1) is 0 Å². The van der Waals surface area contributed by atoms with Crippen molar-refractivity contribution in [2.75, 3.05) is 0 Å². The van der Waals surface area contributed by atoms with Gasteiger partial charge in [0.25, 0.3) is 0 Å². The summed E-state index contributed by atoms with van der Waals surface area (Å²) < 4.78 is 12.0. The molecule has 0 saturated carbocycles. The van der Waals surface area contributed by atoms with E-state index in [1.807, 2.05) is 0 Å². The molecule has 0 aliphatic carbocycles. The van der Waals surface area contributed by atoms with Crippen molar-refractivity contribution in [2.45, 2.75) is 12.0 Å². The number of carbonyl (C=O) groups excluding carboxylic acids is 1. The van der Waals surface area contributed by atoms with Gasteiger partial charge in [-0.1, -0.05) is 12.1 Å². The van der Waals surface area contributed by atoms with Gasteiger partial charge in [0.15, 0.2) is 17.1 Å². The normalized spacial score (nSPS) is 16.3. The molecule has 0 radical (unpaired) electrons. The summed E-state index contributed by atoms with van der Waals surface area (Å²) >= 11 is 0. The van der Waals surface area contributed by atoms with Crippen LogP contribution < -0.4 is 10.2 Å². The lowest BCUT2D eigenvalue weighted by Gasteiger charge is -2.34. The molecular formula is C30H20O11. The largest absolute Gasteiger partial charge is 0.508 e. The topological polar surface area (TPSA) is 198 Å². The first-order valence-corrected chi connectivity index (χ1v) is 12.1. The quantitative estimate of drug-likeness (QED) is 0.165. The van der Waals surface area contributed by atoms with Crippen LogP contribution >= 0.6 is 0 Å². The van der Waals surface area contributed by atoms with Crippen molar-refractivity contribution in [3.63, 3.8) is 0 Å².